The maximum atomic E-state index is 13.5. The number of hydrogen-bond donors (Lipinski definition) is 2. The Labute approximate surface area is 166 Å². The van der Waals surface area contributed by atoms with E-state index in [1.807, 2.05) is 35.7 Å². The highest BCUT2D eigenvalue weighted by atomic mass is 32.1. The summed E-state index contributed by atoms with van der Waals surface area (Å²) in [6.07, 6.45) is 2.67. The second kappa shape index (κ2) is 6.91. The molecule has 2 heterocycles. The van der Waals surface area contributed by atoms with E-state index in [4.69, 9.17) is 0 Å². The van der Waals surface area contributed by atoms with Crippen molar-refractivity contribution < 1.29 is 9.18 Å². The summed E-state index contributed by atoms with van der Waals surface area (Å²) in [4.78, 5) is 14.5. The van der Waals surface area contributed by atoms with Crippen molar-refractivity contribution in [3.8, 4) is 0 Å². The number of thiophene rings is 1. The molecule has 2 aromatic carbocycles. The highest BCUT2D eigenvalue weighted by Gasteiger charge is 2.39. The van der Waals surface area contributed by atoms with Gasteiger partial charge in [-0.25, -0.2) is 4.39 Å². The van der Waals surface area contributed by atoms with Crippen molar-refractivity contribution in [1.82, 2.24) is 0 Å². The molecule has 0 radical (unpaired) electrons. The summed E-state index contributed by atoms with van der Waals surface area (Å²) in [5, 5.41) is 9.08. The molecule has 3 unspecified atom stereocenters. The van der Waals surface area contributed by atoms with Crippen LogP contribution in [0, 0.1) is 11.7 Å². The Morgan fingerprint density at radius 1 is 0.964 bits per heavy atom. The number of carbonyl (C=O) groups excluding carboxylic acids is 1. The van der Waals surface area contributed by atoms with E-state index < -0.39 is 0 Å². The topological polar surface area (TPSA) is 41.1 Å². The number of rotatable bonds is 2. The van der Waals surface area contributed by atoms with Crippen LogP contribution < -0.4 is 10.6 Å². The van der Waals surface area contributed by atoms with Crippen LogP contribution in [0.3, 0.4) is 0 Å². The van der Waals surface area contributed by atoms with Crippen LogP contribution in [0.2, 0.25) is 0 Å². The number of hydrogen-bond acceptors (Lipinski definition) is 4. The van der Waals surface area contributed by atoms with E-state index in [0.29, 0.717) is 6.42 Å². The van der Waals surface area contributed by atoms with Crippen molar-refractivity contribution in [3.05, 3.63) is 94.1 Å². The van der Waals surface area contributed by atoms with E-state index in [9.17, 15) is 9.18 Å². The normalized spacial score (nSPS) is 23.5. The molecule has 0 fully saturated rings. The molecule has 1 aromatic heterocycles. The Bertz CT molecular complexity index is 1040. The molecule has 0 saturated heterocycles. The van der Waals surface area contributed by atoms with Gasteiger partial charge in [-0.1, -0.05) is 36.4 Å². The summed E-state index contributed by atoms with van der Waals surface area (Å²) in [5.41, 5.74) is 3.70. The lowest BCUT2D eigenvalue weighted by Gasteiger charge is -2.32. The van der Waals surface area contributed by atoms with E-state index in [-0.39, 0.29) is 29.5 Å². The fraction of sp³-hybridized carbons (Fsp3) is 0.174. The van der Waals surface area contributed by atoms with Gasteiger partial charge < -0.3 is 10.6 Å². The number of ketones is 1. The number of benzene rings is 2. The van der Waals surface area contributed by atoms with Crippen molar-refractivity contribution in [3.63, 3.8) is 0 Å². The first-order valence-corrected chi connectivity index (χ1v) is 10.2. The number of carbonyl (C=O) groups is 1. The monoisotopic (exact) mass is 390 g/mol. The van der Waals surface area contributed by atoms with Gasteiger partial charge in [0.25, 0.3) is 0 Å². The van der Waals surface area contributed by atoms with Crippen molar-refractivity contribution in [2.24, 2.45) is 5.92 Å². The Morgan fingerprint density at radius 3 is 2.50 bits per heavy atom. The Hall–Kier alpha value is -2.92. The highest BCUT2D eigenvalue weighted by molar-refractivity contribution is 7.10. The number of para-hydroxylation sites is 2. The number of nitrogens with one attached hydrogen (secondary N) is 2. The van der Waals surface area contributed by atoms with E-state index in [1.54, 1.807) is 23.5 Å². The molecule has 0 bridgehead atoms. The Kier molecular flexibility index (Phi) is 4.24. The predicted octanol–water partition coefficient (Wildman–Crippen LogP) is 5.72. The van der Waals surface area contributed by atoms with Gasteiger partial charge in [-0.05, 0) is 41.3 Å². The van der Waals surface area contributed by atoms with Gasteiger partial charge in [-0.2, -0.15) is 0 Å². The number of fused-ring (bicyclic) bond motifs is 2. The van der Waals surface area contributed by atoms with Crippen LogP contribution in [-0.4, -0.2) is 5.78 Å². The van der Waals surface area contributed by atoms with Crippen LogP contribution in [0.15, 0.2) is 77.8 Å². The first kappa shape index (κ1) is 17.2. The summed E-state index contributed by atoms with van der Waals surface area (Å²) in [6.45, 7) is 0. The van der Waals surface area contributed by atoms with E-state index in [1.165, 1.54) is 17.0 Å². The van der Waals surface area contributed by atoms with Crippen molar-refractivity contribution in [1.29, 1.82) is 0 Å². The molecule has 3 nitrogen and oxygen atoms in total. The minimum absolute atomic E-state index is 0.0883. The standard InChI is InChI=1S/C23H19FN2OS/c24-16-9-7-14(8-10-16)23-22-19(25-17-4-1-2-5-18(17)26-23)12-15(13-20(22)27)21-6-3-11-28-21/h1-12,15,22-23,25-26H,13H2. The van der Waals surface area contributed by atoms with E-state index in [0.717, 1.165) is 22.6 Å². The molecular weight excluding hydrogens is 371 g/mol. The molecule has 2 aliphatic rings. The quantitative estimate of drug-likeness (QED) is 0.588. The van der Waals surface area contributed by atoms with Gasteiger partial charge in [-0.15, -0.1) is 11.3 Å². The number of halogens is 1. The first-order chi connectivity index (χ1) is 13.7. The average Bonchev–Trinajstić information content (AvgIpc) is 3.18. The highest BCUT2D eigenvalue weighted by Crippen LogP contribution is 2.44. The van der Waals surface area contributed by atoms with Crippen molar-refractivity contribution >= 4 is 28.5 Å². The zero-order chi connectivity index (χ0) is 19.1. The van der Waals surface area contributed by atoms with Crippen LogP contribution in [0.1, 0.15) is 28.8 Å². The Morgan fingerprint density at radius 2 is 1.75 bits per heavy atom. The van der Waals surface area contributed by atoms with Crippen LogP contribution in [0.25, 0.3) is 0 Å². The minimum Gasteiger partial charge on any atom is -0.375 e. The molecule has 0 saturated carbocycles. The lowest BCUT2D eigenvalue weighted by atomic mass is 9.78. The van der Waals surface area contributed by atoms with E-state index >= 15 is 0 Å². The third kappa shape index (κ3) is 3.02. The fourth-order valence-corrected chi connectivity index (χ4v) is 4.93. The van der Waals surface area contributed by atoms with E-state index in [2.05, 4.69) is 22.8 Å². The zero-order valence-corrected chi connectivity index (χ0v) is 15.9. The molecule has 28 heavy (non-hydrogen) atoms. The van der Waals surface area contributed by atoms with Crippen LogP contribution in [0.4, 0.5) is 15.8 Å². The third-order valence-corrected chi connectivity index (χ3v) is 6.48. The van der Waals surface area contributed by atoms with Crippen LogP contribution in [-0.2, 0) is 4.79 Å². The van der Waals surface area contributed by atoms with Crippen LogP contribution >= 0.6 is 11.3 Å². The lowest BCUT2D eigenvalue weighted by molar-refractivity contribution is -0.122. The van der Waals surface area contributed by atoms with Gasteiger partial charge in [0.2, 0.25) is 0 Å². The van der Waals surface area contributed by atoms with Gasteiger partial charge in [-0.3, -0.25) is 4.79 Å². The zero-order valence-electron chi connectivity index (χ0n) is 15.1. The molecule has 3 atom stereocenters. The maximum Gasteiger partial charge on any atom is 0.145 e. The molecule has 1 aliphatic heterocycles. The number of Topliss-reactive ketones (excluding diaryl/α,β-unsaturated/α-hetero) is 1. The predicted molar refractivity (Wildman–Crippen MR) is 111 cm³/mol. The van der Waals surface area contributed by atoms with Gasteiger partial charge in [0, 0.05) is 22.9 Å². The summed E-state index contributed by atoms with van der Waals surface area (Å²) in [5.74, 6) is -0.336. The van der Waals surface area contributed by atoms with Gasteiger partial charge in [0.15, 0.2) is 0 Å². The summed E-state index contributed by atoms with van der Waals surface area (Å²) in [7, 11) is 0. The first-order valence-electron chi connectivity index (χ1n) is 9.35. The van der Waals surface area contributed by atoms with Crippen LogP contribution in [0.5, 0.6) is 0 Å². The average molecular weight is 390 g/mol. The van der Waals surface area contributed by atoms with Crippen molar-refractivity contribution in [2.45, 2.75) is 18.4 Å². The molecule has 3 aromatic rings. The van der Waals surface area contributed by atoms with Gasteiger partial charge in [0.1, 0.15) is 11.6 Å². The minimum atomic E-state index is -0.339. The number of anilines is 2. The Balaban J connectivity index is 1.63. The second-order valence-corrected chi connectivity index (χ2v) is 8.22. The molecule has 5 rings (SSSR count). The summed E-state index contributed by atoms with van der Waals surface area (Å²) < 4.78 is 13.5. The molecule has 140 valence electrons. The number of allylic oxidation sites excluding steroid dienone is 1. The molecule has 5 heteroatoms. The van der Waals surface area contributed by atoms with Gasteiger partial charge >= 0.3 is 0 Å². The fourth-order valence-electron chi connectivity index (χ4n) is 4.14. The molecule has 1 aliphatic carbocycles. The summed E-state index contributed by atoms with van der Waals surface area (Å²) >= 11 is 1.68. The molecule has 0 spiro atoms. The lowest BCUT2D eigenvalue weighted by Crippen LogP contribution is -2.33. The third-order valence-electron chi connectivity index (χ3n) is 5.47. The second-order valence-electron chi connectivity index (χ2n) is 7.24. The molecular formula is C23H19FN2OS. The smallest absolute Gasteiger partial charge is 0.145 e. The molecule has 2 N–H and O–H groups in total. The maximum absolute atomic E-state index is 13.5. The molecule has 0 amide bonds. The SMILES string of the molecule is O=C1CC(c2cccs2)C=C2Nc3ccccc3NC(c3ccc(F)cc3)C12. The van der Waals surface area contributed by atoms with Gasteiger partial charge in [0.05, 0.1) is 23.3 Å². The van der Waals surface area contributed by atoms with Crippen molar-refractivity contribution in [2.75, 3.05) is 10.6 Å². The summed E-state index contributed by atoms with van der Waals surface area (Å²) in [6, 6.07) is 18.2. The largest absolute Gasteiger partial charge is 0.375 e.